The van der Waals surface area contributed by atoms with Crippen molar-refractivity contribution < 1.29 is 14.3 Å². The Labute approximate surface area is 110 Å². The summed E-state index contributed by atoms with van der Waals surface area (Å²) in [6.45, 7) is 7.68. The van der Waals surface area contributed by atoms with E-state index in [0.29, 0.717) is 13.2 Å². The number of methoxy groups -OCH3 is 1. The Hall–Kier alpha value is -0.810. The second-order valence-corrected chi connectivity index (χ2v) is 5.95. The van der Waals surface area contributed by atoms with Crippen molar-refractivity contribution >= 4 is 6.09 Å². The molecule has 1 amide bonds. The molecule has 0 aromatic heterocycles. The zero-order valence-electron chi connectivity index (χ0n) is 12.0. The number of carbonyl (C=O) groups excluding carboxylic acids is 1. The van der Waals surface area contributed by atoms with Crippen LogP contribution in [0.25, 0.3) is 0 Å². The van der Waals surface area contributed by atoms with Gasteiger partial charge in [-0.1, -0.05) is 6.42 Å². The van der Waals surface area contributed by atoms with Crippen LogP contribution in [0.4, 0.5) is 4.79 Å². The Morgan fingerprint density at radius 1 is 1.39 bits per heavy atom. The van der Waals surface area contributed by atoms with Gasteiger partial charge in [0.1, 0.15) is 5.60 Å². The molecule has 18 heavy (non-hydrogen) atoms. The minimum Gasteiger partial charge on any atom is -0.444 e. The van der Waals surface area contributed by atoms with Crippen LogP contribution in [0, 0.1) is 0 Å². The van der Waals surface area contributed by atoms with E-state index in [0.717, 1.165) is 19.4 Å². The second-order valence-electron chi connectivity index (χ2n) is 5.95. The number of carbonyl (C=O) groups is 1. The van der Waals surface area contributed by atoms with Gasteiger partial charge in [-0.05, 0) is 40.2 Å². The van der Waals surface area contributed by atoms with E-state index in [1.807, 2.05) is 20.8 Å². The Kier molecular flexibility index (Phi) is 5.41. The van der Waals surface area contributed by atoms with Crippen LogP contribution in [-0.2, 0) is 9.47 Å². The van der Waals surface area contributed by atoms with Gasteiger partial charge in [-0.25, -0.2) is 4.79 Å². The monoisotopic (exact) mass is 258 g/mol. The zero-order chi connectivity index (χ0) is 13.6. The van der Waals surface area contributed by atoms with Crippen LogP contribution >= 0.6 is 0 Å². The number of nitrogens with one attached hydrogen (secondary N) is 2. The van der Waals surface area contributed by atoms with E-state index >= 15 is 0 Å². The van der Waals surface area contributed by atoms with E-state index in [1.165, 1.54) is 6.42 Å². The normalized spacial score (nSPS) is 24.7. The lowest BCUT2D eigenvalue weighted by Crippen LogP contribution is -2.58. The van der Waals surface area contributed by atoms with Crippen LogP contribution in [-0.4, -0.2) is 44.0 Å². The van der Waals surface area contributed by atoms with Crippen LogP contribution in [0.3, 0.4) is 0 Å². The summed E-state index contributed by atoms with van der Waals surface area (Å²) in [5.41, 5.74) is -0.609. The quantitative estimate of drug-likeness (QED) is 0.805. The molecular formula is C13H26N2O3. The second kappa shape index (κ2) is 6.38. The lowest BCUT2D eigenvalue weighted by atomic mass is 9.89. The number of hydrogen-bond donors (Lipinski definition) is 2. The van der Waals surface area contributed by atoms with Gasteiger partial charge in [0, 0.05) is 13.7 Å². The van der Waals surface area contributed by atoms with Crippen molar-refractivity contribution in [1.82, 2.24) is 10.6 Å². The van der Waals surface area contributed by atoms with Gasteiger partial charge in [-0.15, -0.1) is 0 Å². The van der Waals surface area contributed by atoms with Crippen molar-refractivity contribution in [3.8, 4) is 0 Å². The van der Waals surface area contributed by atoms with E-state index in [-0.39, 0.29) is 11.6 Å². The smallest absolute Gasteiger partial charge is 0.407 e. The fourth-order valence-corrected chi connectivity index (χ4v) is 2.19. The Bertz CT molecular complexity index is 262. The fraction of sp³-hybridized carbons (Fsp3) is 0.923. The van der Waals surface area contributed by atoms with E-state index < -0.39 is 5.60 Å². The molecule has 1 atom stereocenters. The summed E-state index contributed by atoms with van der Waals surface area (Å²) in [6, 6.07) is 0. The first kappa shape index (κ1) is 15.2. The van der Waals surface area contributed by atoms with Crippen molar-refractivity contribution in [2.24, 2.45) is 0 Å². The standard InChI is InChI=1S/C13H26N2O3/c1-12(2,3)18-11(16)14-9-13(10-17-4)7-5-6-8-15-13/h15H,5-10H2,1-4H3,(H,14,16). The SMILES string of the molecule is COCC1(CNC(=O)OC(C)(C)C)CCCCN1. The van der Waals surface area contributed by atoms with E-state index in [9.17, 15) is 4.79 Å². The summed E-state index contributed by atoms with van der Waals surface area (Å²) >= 11 is 0. The number of rotatable bonds is 4. The predicted molar refractivity (Wildman–Crippen MR) is 70.7 cm³/mol. The molecule has 0 aromatic rings. The number of ether oxygens (including phenoxy) is 2. The molecule has 1 heterocycles. The molecule has 5 heteroatoms. The molecule has 0 aromatic carbocycles. The van der Waals surface area contributed by atoms with Crippen LogP contribution in [0.5, 0.6) is 0 Å². The highest BCUT2D eigenvalue weighted by atomic mass is 16.6. The molecule has 0 spiro atoms. The van der Waals surface area contributed by atoms with Crippen molar-refractivity contribution in [1.29, 1.82) is 0 Å². The highest BCUT2D eigenvalue weighted by Gasteiger charge is 2.32. The number of alkyl carbamates (subject to hydrolysis) is 1. The van der Waals surface area contributed by atoms with Gasteiger partial charge in [-0.3, -0.25) is 0 Å². The predicted octanol–water partition coefficient (Wildman–Crippen LogP) is 1.67. The molecule has 2 N–H and O–H groups in total. The summed E-state index contributed by atoms with van der Waals surface area (Å²) < 4.78 is 10.5. The average Bonchev–Trinajstić information content (AvgIpc) is 2.26. The molecule has 0 bridgehead atoms. The zero-order valence-corrected chi connectivity index (χ0v) is 12.0. The van der Waals surface area contributed by atoms with Gasteiger partial charge in [0.2, 0.25) is 0 Å². The number of hydrogen-bond acceptors (Lipinski definition) is 4. The van der Waals surface area contributed by atoms with E-state index in [2.05, 4.69) is 10.6 Å². The number of amides is 1. The first-order valence-corrected chi connectivity index (χ1v) is 6.58. The summed E-state index contributed by atoms with van der Waals surface area (Å²) in [7, 11) is 1.69. The molecule has 1 rings (SSSR count). The third-order valence-corrected chi connectivity index (χ3v) is 2.97. The van der Waals surface area contributed by atoms with Gasteiger partial charge in [0.05, 0.1) is 12.1 Å². The third kappa shape index (κ3) is 5.23. The van der Waals surface area contributed by atoms with Crippen molar-refractivity contribution in [2.75, 3.05) is 26.8 Å². The number of piperidine rings is 1. The highest BCUT2D eigenvalue weighted by Crippen LogP contribution is 2.19. The van der Waals surface area contributed by atoms with Crippen LogP contribution in [0.15, 0.2) is 0 Å². The molecule has 1 unspecified atom stereocenters. The van der Waals surface area contributed by atoms with Gasteiger partial charge < -0.3 is 20.1 Å². The topological polar surface area (TPSA) is 59.6 Å². The Morgan fingerprint density at radius 2 is 2.11 bits per heavy atom. The highest BCUT2D eigenvalue weighted by molar-refractivity contribution is 5.67. The molecule has 0 radical (unpaired) electrons. The molecule has 0 saturated carbocycles. The summed E-state index contributed by atoms with van der Waals surface area (Å²) in [6.07, 6.45) is 2.98. The van der Waals surface area contributed by atoms with Crippen molar-refractivity contribution in [3.05, 3.63) is 0 Å². The maximum atomic E-state index is 11.6. The Balaban J connectivity index is 2.44. The van der Waals surface area contributed by atoms with Gasteiger partial charge in [-0.2, -0.15) is 0 Å². The molecule has 1 aliphatic heterocycles. The first-order valence-electron chi connectivity index (χ1n) is 6.58. The third-order valence-electron chi connectivity index (χ3n) is 2.97. The molecule has 0 aliphatic carbocycles. The minimum atomic E-state index is -0.460. The molecule has 1 saturated heterocycles. The lowest BCUT2D eigenvalue weighted by Gasteiger charge is -2.38. The summed E-state index contributed by atoms with van der Waals surface area (Å²) in [5.74, 6) is 0. The minimum absolute atomic E-state index is 0.149. The van der Waals surface area contributed by atoms with Crippen molar-refractivity contribution in [3.63, 3.8) is 0 Å². The van der Waals surface area contributed by atoms with Gasteiger partial charge in [0.15, 0.2) is 0 Å². The molecular weight excluding hydrogens is 232 g/mol. The van der Waals surface area contributed by atoms with E-state index in [1.54, 1.807) is 7.11 Å². The molecule has 106 valence electrons. The molecule has 5 nitrogen and oxygen atoms in total. The fourth-order valence-electron chi connectivity index (χ4n) is 2.19. The van der Waals surface area contributed by atoms with Crippen molar-refractivity contribution in [2.45, 2.75) is 51.2 Å². The van der Waals surface area contributed by atoms with Crippen LogP contribution < -0.4 is 10.6 Å². The largest absolute Gasteiger partial charge is 0.444 e. The van der Waals surface area contributed by atoms with Gasteiger partial charge in [0.25, 0.3) is 0 Å². The van der Waals surface area contributed by atoms with E-state index in [4.69, 9.17) is 9.47 Å². The lowest BCUT2D eigenvalue weighted by molar-refractivity contribution is 0.0452. The van der Waals surface area contributed by atoms with Crippen LogP contribution in [0.2, 0.25) is 0 Å². The average molecular weight is 258 g/mol. The maximum absolute atomic E-state index is 11.6. The summed E-state index contributed by atoms with van der Waals surface area (Å²) in [4.78, 5) is 11.6. The first-order chi connectivity index (χ1) is 8.37. The summed E-state index contributed by atoms with van der Waals surface area (Å²) in [5, 5.41) is 6.29. The maximum Gasteiger partial charge on any atom is 0.407 e. The molecule has 1 fully saturated rings. The van der Waals surface area contributed by atoms with Crippen LogP contribution in [0.1, 0.15) is 40.0 Å². The Morgan fingerprint density at radius 3 is 2.61 bits per heavy atom. The van der Waals surface area contributed by atoms with Gasteiger partial charge >= 0.3 is 6.09 Å². The molecule has 1 aliphatic rings.